The van der Waals surface area contributed by atoms with E-state index in [0.29, 0.717) is 0 Å². The van der Waals surface area contributed by atoms with E-state index in [-0.39, 0.29) is 11.4 Å². The number of aliphatic carboxylic acids is 4. The highest BCUT2D eigenvalue weighted by Gasteiger charge is 2.29. The molecular weight excluding hydrogens is 360 g/mol. The lowest BCUT2D eigenvalue weighted by atomic mass is 10.2. The van der Waals surface area contributed by atoms with Gasteiger partial charge in [0.05, 0.1) is 11.4 Å². The van der Waals surface area contributed by atoms with Gasteiger partial charge in [-0.2, -0.15) is 0 Å². The monoisotopic (exact) mass is 374 g/mol. The van der Waals surface area contributed by atoms with Gasteiger partial charge in [-0.1, -0.05) is 23.7 Å². The van der Waals surface area contributed by atoms with Gasteiger partial charge in [0.1, 0.15) is 19.6 Å². The maximum atomic E-state index is 11.2. The molecule has 1 aromatic rings. The number of benzene rings is 1. The van der Waals surface area contributed by atoms with Crippen LogP contribution < -0.4 is 9.80 Å². The Morgan fingerprint density at radius 2 is 1.28 bits per heavy atom. The van der Waals surface area contributed by atoms with E-state index < -0.39 is 49.0 Å². The van der Waals surface area contributed by atoms with Gasteiger partial charge in [0.2, 0.25) is 5.50 Å². The van der Waals surface area contributed by atoms with E-state index in [1.165, 1.54) is 24.3 Å². The van der Waals surface area contributed by atoms with E-state index >= 15 is 0 Å². The summed E-state index contributed by atoms with van der Waals surface area (Å²) in [5.74, 6) is -5.52. The zero-order valence-electron chi connectivity index (χ0n) is 12.7. The molecule has 0 saturated carbocycles. The zero-order chi connectivity index (χ0) is 19.1. The number of carboxylic acids is 4. The Balaban J connectivity index is 3.41. The van der Waals surface area contributed by atoms with Gasteiger partial charge in [-0.3, -0.25) is 14.4 Å². The first-order valence-corrected chi connectivity index (χ1v) is 7.20. The maximum Gasteiger partial charge on any atom is 0.342 e. The number of para-hydroxylation sites is 2. The maximum absolute atomic E-state index is 11.2. The molecule has 11 heteroatoms. The van der Waals surface area contributed by atoms with Crippen molar-refractivity contribution in [2.75, 3.05) is 29.4 Å². The molecule has 25 heavy (non-hydrogen) atoms. The number of nitrogens with zero attached hydrogens (tertiary/aromatic N) is 2. The summed E-state index contributed by atoms with van der Waals surface area (Å²) in [5.41, 5.74) is -1.75. The zero-order valence-corrected chi connectivity index (χ0v) is 13.5. The van der Waals surface area contributed by atoms with Gasteiger partial charge in [0.25, 0.3) is 0 Å². The summed E-state index contributed by atoms with van der Waals surface area (Å²) in [4.78, 5) is 46.0. The molecule has 0 bridgehead atoms. The molecule has 1 rings (SSSR count). The molecule has 0 amide bonds. The van der Waals surface area contributed by atoms with Crippen molar-refractivity contribution in [3.8, 4) is 0 Å². The lowest BCUT2D eigenvalue weighted by Gasteiger charge is -2.31. The molecule has 4 N–H and O–H groups in total. The lowest BCUT2D eigenvalue weighted by molar-refractivity contribution is -0.139. The SMILES string of the molecule is O=C(O)CN(CC(=O)O)c1ccccc1N(CC(=O)O)C(Cl)C(=O)O. The van der Waals surface area contributed by atoms with Gasteiger partial charge in [0.15, 0.2) is 0 Å². The predicted molar refractivity (Wildman–Crippen MR) is 86.2 cm³/mol. The molecule has 0 fully saturated rings. The van der Waals surface area contributed by atoms with Crippen molar-refractivity contribution in [3.63, 3.8) is 0 Å². The summed E-state index contributed by atoms with van der Waals surface area (Å²) < 4.78 is 0. The Kier molecular flexibility index (Phi) is 7.00. The number of hydrogen-bond donors (Lipinski definition) is 4. The van der Waals surface area contributed by atoms with Gasteiger partial charge in [-0.05, 0) is 12.1 Å². The second kappa shape index (κ2) is 8.73. The molecule has 0 aliphatic heterocycles. The first kappa shape index (κ1) is 20.0. The summed E-state index contributed by atoms with van der Waals surface area (Å²) in [7, 11) is 0. The molecule has 1 unspecified atom stereocenters. The molecule has 0 aromatic heterocycles. The molecule has 1 aromatic carbocycles. The Labute approximate surface area is 146 Å². The van der Waals surface area contributed by atoms with Crippen LogP contribution >= 0.6 is 11.6 Å². The summed E-state index contributed by atoms with van der Waals surface area (Å²) in [6, 6.07) is 5.60. The van der Waals surface area contributed by atoms with Crippen LogP contribution in [0.5, 0.6) is 0 Å². The van der Waals surface area contributed by atoms with Gasteiger partial charge < -0.3 is 30.2 Å². The average molecular weight is 375 g/mol. The molecule has 10 nitrogen and oxygen atoms in total. The summed E-state index contributed by atoms with van der Waals surface area (Å²) >= 11 is 5.76. The van der Waals surface area contributed by atoms with E-state index in [1.54, 1.807) is 0 Å². The summed E-state index contributed by atoms with van der Waals surface area (Å²) in [6.45, 7) is -2.17. The standard InChI is InChI=1S/C14H15ClN2O8/c15-13(14(24)25)17(7-12(22)23)9-4-2-1-3-8(9)16(5-10(18)19)6-11(20)21/h1-4,13H,5-7H2,(H,18,19)(H,20,21)(H,22,23)(H,24,25). The van der Waals surface area contributed by atoms with E-state index in [4.69, 9.17) is 32.0 Å². The van der Waals surface area contributed by atoms with Crippen LogP contribution in [0.4, 0.5) is 11.4 Å². The first-order valence-electron chi connectivity index (χ1n) is 6.76. The van der Waals surface area contributed by atoms with Crippen LogP contribution in [0.2, 0.25) is 0 Å². The number of rotatable bonds is 10. The number of carbonyl (C=O) groups is 4. The third-order valence-electron chi connectivity index (χ3n) is 2.97. The molecule has 136 valence electrons. The van der Waals surface area contributed by atoms with Crippen LogP contribution in [0.1, 0.15) is 0 Å². The third kappa shape index (κ3) is 5.84. The Hall–Kier alpha value is -3.01. The van der Waals surface area contributed by atoms with Crippen LogP contribution in [0.15, 0.2) is 24.3 Å². The predicted octanol–water partition coefficient (Wildman–Crippen LogP) is 0.203. The minimum Gasteiger partial charge on any atom is -0.480 e. The van der Waals surface area contributed by atoms with Crippen LogP contribution in [0, 0.1) is 0 Å². The van der Waals surface area contributed by atoms with Crippen LogP contribution in [0.25, 0.3) is 0 Å². The number of anilines is 2. The fourth-order valence-corrected chi connectivity index (χ4v) is 2.27. The molecule has 1 atom stereocenters. The molecule has 0 radical (unpaired) electrons. The van der Waals surface area contributed by atoms with Crippen LogP contribution in [-0.4, -0.2) is 69.4 Å². The summed E-state index contributed by atoms with van der Waals surface area (Å²) in [5, 5.41) is 36.0. The molecule has 0 aliphatic rings. The van der Waals surface area contributed by atoms with Crippen LogP contribution in [0.3, 0.4) is 0 Å². The molecule has 0 spiro atoms. The van der Waals surface area contributed by atoms with Crippen molar-refractivity contribution in [1.29, 1.82) is 0 Å². The van der Waals surface area contributed by atoms with Crippen LogP contribution in [-0.2, 0) is 19.2 Å². The fraction of sp³-hybridized carbons (Fsp3) is 0.286. The van der Waals surface area contributed by atoms with E-state index in [1.807, 2.05) is 0 Å². The van der Waals surface area contributed by atoms with E-state index in [0.717, 1.165) is 9.80 Å². The average Bonchev–Trinajstić information content (AvgIpc) is 2.50. The number of carboxylic acid groups (broad SMARTS) is 4. The fourth-order valence-electron chi connectivity index (χ4n) is 2.09. The second-order valence-corrected chi connectivity index (χ2v) is 5.24. The van der Waals surface area contributed by atoms with Crippen molar-refractivity contribution >= 4 is 46.9 Å². The van der Waals surface area contributed by atoms with Crippen molar-refractivity contribution in [3.05, 3.63) is 24.3 Å². The first-order chi connectivity index (χ1) is 11.6. The highest BCUT2D eigenvalue weighted by atomic mass is 35.5. The van der Waals surface area contributed by atoms with Gasteiger partial charge in [0, 0.05) is 0 Å². The van der Waals surface area contributed by atoms with E-state index in [9.17, 15) is 19.2 Å². The smallest absolute Gasteiger partial charge is 0.342 e. The van der Waals surface area contributed by atoms with Crippen molar-refractivity contribution < 1.29 is 39.6 Å². The van der Waals surface area contributed by atoms with Gasteiger partial charge in [-0.15, -0.1) is 0 Å². The summed E-state index contributed by atoms with van der Waals surface area (Å²) in [6.07, 6.45) is 0. The van der Waals surface area contributed by atoms with Crippen molar-refractivity contribution in [1.82, 2.24) is 0 Å². The minimum atomic E-state index is -1.76. The quantitative estimate of drug-likeness (QED) is 0.329. The second-order valence-electron chi connectivity index (χ2n) is 4.83. The highest BCUT2D eigenvalue weighted by Crippen LogP contribution is 2.31. The largest absolute Gasteiger partial charge is 0.480 e. The van der Waals surface area contributed by atoms with Gasteiger partial charge in [-0.25, -0.2) is 4.79 Å². The Morgan fingerprint density at radius 3 is 1.68 bits per heavy atom. The Bertz CT molecular complexity index is 665. The number of halogens is 1. The topological polar surface area (TPSA) is 156 Å². The van der Waals surface area contributed by atoms with Gasteiger partial charge >= 0.3 is 23.9 Å². The molecule has 0 saturated heterocycles. The minimum absolute atomic E-state index is 0.0187. The van der Waals surface area contributed by atoms with Crippen molar-refractivity contribution in [2.24, 2.45) is 0 Å². The lowest BCUT2D eigenvalue weighted by Crippen LogP contribution is -2.42. The molecule has 0 aliphatic carbocycles. The molecule has 0 heterocycles. The van der Waals surface area contributed by atoms with E-state index in [2.05, 4.69) is 0 Å². The molecular formula is C14H15ClN2O8. The normalized spacial score (nSPS) is 11.4. The van der Waals surface area contributed by atoms with Crippen molar-refractivity contribution in [2.45, 2.75) is 5.50 Å². The number of hydrogen-bond acceptors (Lipinski definition) is 6. The third-order valence-corrected chi connectivity index (χ3v) is 3.39. The highest BCUT2D eigenvalue weighted by molar-refractivity contribution is 6.31. The Morgan fingerprint density at radius 1 is 0.840 bits per heavy atom. The number of alkyl halides is 1.